The molecule has 0 spiro atoms. The molecule has 2 aliphatic rings. The number of carboxylic acids is 1. The fourth-order valence-corrected chi connectivity index (χ4v) is 4.23. The van der Waals surface area contributed by atoms with Crippen molar-refractivity contribution >= 4 is 5.97 Å². The average Bonchev–Trinajstić information content (AvgIpc) is 2.99. The number of nitrogens with zero attached hydrogens (tertiary/aromatic N) is 1. The van der Waals surface area contributed by atoms with E-state index in [1.165, 1.54) is 5.56 Å². The molecule has 6 nitrogen and oxygen atoms in total. The number of hydrogen-bond donors (Lipinski definition) is 1. The number of fused-ring (bicyclic) bond motifs is 1. The summed E-state index contributed by atoms with van der Waals surface area (Å²) < 4.78 is 16.8. The summed E-state index contributed by atoms with van der Waals surface area (Å²) in [6.45, 7) is 1.56. The van der Waals surface area contributed by atoms with Crippen LogP contribution < -0.4 is 4.74 Å². The molecule has 2 fully saturated rings. The molecule has 3 atom stereocenters. The minimum atomic E-state index is -0.970. The number of rotatable bonds is 7. The molecule has 1 N–H and O–H groups in total. The van der Waals surface area contributed by atoms with Crippen LogP contribution in [0.15, 0.2) is 24.3 Å². The van der Waals surface area contributed by atoms with Crippen LogP contribution in [0.4, 0.5) is 0 Å². The smallest absolute Gasteiger partial charge is 0.341 e. The fraction of sp³-hybridized carbons (Fsp3) is 0.632. The molecule has 1 aromatic rings. The van der Waals surface area contributed by atoms with Gasteiger partial charge in [-0.15, -0.1) is 0 Å². The third-order valence-corrected chi connectivity index (χ3v) is 5.66. The summed E-state index contributed by atoms with van der Waals surface area (Å²) in [6, 6.07) is 8.04. The van der Waals surface area contributed by atoms with Crippen LogP contribution >= 0.6 is 0 Å². The molecular weight excluding hydrogens is 322 g/mol. The summed E-state index contributed by atoms with van der Waals surface area (Å²) >= 11 is 0. The van der Waals surface area contributed by atoms with Crippen molar-refractivity contribution in [1.29, 1.82) is 0 Å². The van der Waals surface area contributed by atoms with Gasteiger partial charge in [0.1, 0.15) is 5.75 Å². The first-order valence-electron chi connectivity index (χ1n) is 8.82. The number of likely N-dealkylation sites (tertiary alicyclic amines) is 1. The summed E-state index contributed by atoms with van der Waals surface area (Å²) in [7, 11) is 3.62. The number of carbonyl (C=O) groups is 1. The molecule has 0 aromatic heterocycles. The minimum Gasteiger partial charge on any atom is -0.482 e. The zero-order chi connectivity index (χ0) is 17.9. The Balaban J connectivity index is 1.65. The zero-order valence-corrected chi connectivity index (χ0v) is 14.9. The molecule has 3 rings (SSSR count). The summed E-state index contributed by atoms with van der Waals surface area (Å²) in [6.07, 6.45) is 4.48. The van der Waals surface area contributed by atoms with Gasteiger partial charge in [-0.2, -0.15) is 0 Å². The molecule has 0 amide bonds. The standard InChI is InChI=1S/C19H27NO5/c1-23-16-7-8-19(24-2)9-10-20(17(19)11-16)12-14-3-5-15(6-4-14)25-13-18(21)22/h3-6,16-17H,7-13H2,1-2H3,(H,21,22)/t16-,17+,19-/m0/s1. The van der Waals surface area contributed by atoms with E-state index in [1.54, 1.807) is 7.11 Å². The van der Waals surface area contributed by atoms with Crippen LogP contribution in [0.3, 0.4) is 0 Å². The number of carboxylic acid groups (broad SMARTS) is 1. The molecular formula is C19H27NO5. The quantitative estimate of drug-likeness (QED) is 0.815. The van der Waals surface area contributed by atoms with E-state index in [-0.39, 0.29) is 12.2 Å². The van der Waals surface area contributed by atoms with E-state index in [4.69, 9.17) is 19.3 Å². The van der Waals surface area contributed by atoms with Gasteiger partial charge >= 0.3 is 5.97 Å². The highest BCUT2D eigenvalue weighted by atomic mass is 16.5. The van der Waals surface area contributed by atoms with Crippen LogP contribution in [-0.2, 0) is 20.8 Å². The van der Waals surface area contributed by atoms with Crippen molar-refractivity contribution in [2.45, 2.75) is 50.0 Å². The third-order valence-electron chi connectivity index (χ3n) is 5.66. The molecule has 1 aliphatic heterocycles. The molecule has 1 saturated carbocycles. The van der Waals surface area contributed by atoms with Gasteiger partial charge in [0.05, 0.1) is 11.7 Å². The maximum absolute atomic E-state index is 10.6. The predicted molar refractivity (Wildman–Crippen MR) is 92.8 cm³/mol. The van der Waals surface area contributed by atoms with Gasteiger partial charge in [0.2, 0.25) is 0 Å². The lowest BCUT2D eigenvalue weighted by Gasteiger charge is -2.43. The number of aliphatic carboxylic acids is 1. The second kappa shape index (κ2) is 7.72. The molecule has 1 aromatic carbocycles. The van der Waals surface area contributed by atoms with E-state index in [0.717, 1.165) is 38.8 Å². The molecule has 138 valence electrons. The molecule has 25 heavy (non-hydrogen) atoms. The SMILES string of the molecule is CO[C@H]1CC[C@]2(OC)CCN(Cc3ccc(OCC(=O)O)cc3)[C@@H]2C1. The van der Waals surface area contributed by atoms with E-state index in [2.05, 4.69) is 4.90 Å². The highest BCUT2D eigenvalue weighted by Gasteiger charge is 2.50. The number of ether oxygens (including phenoxy) is 3. The number of methoxy groups -OCH3 is 2. The van der Waals surface area contributed by atoms with Crippen molar-refractivity contribution < 1.29 is 24.1 Å². The highest BCUT2D eigenvalue weighted by molar-refractivity contribution is 5.68. The van der Waals surface area contributed by atoms with Gasteiger partial charge in [0.15, 0.2) is 6.61 Å². The van der Waals surface area contributed by atoms with Gasteiger partial charge in [-0.05, 0) is 43.4 Å². The van der Waals surface area contributed by atoms with Gasteiger partial charge in [-0.1, -0.05) is 12.1 Å². The third kappa shape index (κ3) is 3.97. The van der Waals surface area contributed by atoms with Crippen molar-refractivity contribution in [3.8, 4) is 5.75 Å². The van der Waals surface area contributed by atoms with Gasteiger partial charge in [0, 0.05) is 33.4 Å². The van der Waals surface area contributed by atoms with Crippen LogP contribution in [0.2, 0.25) is 0 Å². The van der Waals surface area contributed by atoms with Gasteiger partial charge in [-0.25, -0.2) is 4.79 Å². The van der Waals surface area contributed by atoms with Crippen LogP contribution in [-0.4, -0.2) is 61.1 Å². The molecule has 0 radical (unpaired) electrons. The Morgan fingerprint density at radius 1 is 1.28 bits per heavy atom. The van der Waals surface area contributed by atoms with Crippen molar-refractivity contribution in [2.75, 3.05) is 27.4 Å². The molecule has 6 heteroatoms. The Morgan fingerprint density at radius 3 is 2.68 bits per heavy atom. The van der Waals surface area contributed by atoms with E-state index >= 15 is 0 Å². The van der Waals surface area contributed by atoms with Gasteiger partial charge < -0.3 is 19.3 Å². The van der Waals surface area contributed by atoms with Crippen molar-refractivity contribution in [3.63, 3.8) is 0 Å². The molecule has 1 saturated heterocycles. The zero-order valence-electron chi connectivity index (χ0n) is 14.9. The highest BCUT2D eigenvalue weighted by Crippen LogP contribution is 2.43. The van der Waals surface area contributed by atoms with Crippen molar-refractivity contribution in [2.24, 2.45) is 0 Å². The minimum absolute atomic E-state index is 0.0421. The van der Waals surface area contributed by atoms with Crippen molar-refractivity contribution in [3.05, 3.63) is 29.8 Å². The van der Waals surface area contributed by atoms with Crippen LogP contribution in [0, 0.1) is 0 Å². The van der Waals surface area contributed by atoms with Crippen LogP contribution in [0.1, 0.15) is 31.2 Å². The summed E-state index contributed by atoms with van der Waals surface area (Å²) in [5, 5.41) is 8.66. The lowest BCUT2D eigenvalue weighted by atomic mass is 9.79. The summed E-state index contributed by atoms with van der Waals surface area (Å²) in [5.41, 5.74) is 1.15. The van der Waals surface area contributed by atoms with Gasteiger partial charge in [-0.3, -0.25) is 4.90 Å². The predicted octanol–water partition coefficient (Wildman–Crippen LogP) is 2.31. The molecule has 1 aliphatic carbocycles. The Bertz CT molecular complexity index is 590. The van der Waals surface area contributed by atoms with Crippen LogP contribution in [0.25, 0.3) is 0 Å². The van der Waals surface area contributed by atoms with Crippen molar-refractivity contribution in [1.82, 2.24) is 4.90 Å². The molecule has 0 unspecified atom stereocenters. The first-order chi connectivity index (χ1) is 12.1. The van der Waals surface area contributed by atoms with E-state index in [9.17, 15) is 4.79 Å². The lowest BCUT2D eigenvalue weighted by molar-refractivity contribution is -0.139. The number of benzene rings is 1. The monoisotopic (exact) mass is 349 g/mol. The Kier molecular flexibility index (Phi) is 5.61. The number of hydrogen-bond acceptors (Lipinski definition) is 5. The van der Waals surface area contributed by atoms with Gasteiger partial charge in [0.25, 0.3) is 0 Å². The molecule has 1 heterocycles. The summed E-state index contributed by atoms with van der Waals surface area (Å²) in [4.78, 5) is 13.0. The normalized spacial score (nSPS) is 29.4. The average molecular weight is 349 g/mol. The summed E-state index contributed by atoms with van der Waals surface area (Å²) in [5.74, 6) is -0.391. The first-order valence-corrected chi connectivity index (χ1v) is 8.82. The molecule has 0 bridgehead atoms. The van der Waals surface area contributed by atoms with E-state index < -0.39 is 5.97 Å². The topological polar surface area (TPSA) is 68.2 Å². The second-order valence-electron chi connectivity index (χ2n) is 6.96. The fourth-order valence-electron chi connectivity index (χ4n) is 4.23. The van der Waals surface area contributed by atoms with E-state index in [0.29, 0.717) is 17.9 Å². The Morgan fingerprint density at radius 2 is 2.04 bits per heavy atom. The second-order valence-corrected chi connectivity index (χ2v) is 6.96. The lowest BCUT2D eigenvalue weighted by Crippen LogP contribution is -2.51. The van der Waals surface area contributed by atoms with E-state index in [1.807, 2.05) is 31.4 Å². The Labute approximate surface area is 148 Å². The Hall–Kier alpha value is -1.63. The first kappa shape index (κ1) is 18.2. The maximum atomic E-state index is 10.6. The van der Waals surface area contributed by atoms with Crippen LogP contribution in [0.5, 0.6) is 5.75 Å². The largest absolute Gasteiger partial charge is 0.482 e. The maximum Gasteiger partial charge on any atom is 0.341 e.